The predicted octanol–water partition coefficient (Wildman–Crippen LogP) is 3.21. The molecule has 27 heavy (non-hydrogen) atoms. The van der Waals surface area contributed by atoms with Crippen LogP contribution in [-0.4, -0.2) is 38.3 Å². The SMILES string of the molecule is COc1c2c(cc3c1[C@@H](C(=O)Nc1c(C)cccc1C)N(C)CC3)OCO2. The van der Waals surface area contributed by atoms with Crippen LogP contribution in [0.2, 0.25) is 0 Å². The summed E-state index contributed by atoms with van der Waals surface area (Å²) in [5, 5.41) is 3.13. The number of methoxy groups -OCH3 is 1. The molecule has 2 aliphatic heterocycles. The van der Waals surface area contributed by atoms with Crippen LogP contribution < -0.4 is 19.5 Å². The first-order valence-corrected chi connectivity index (χ1v) is 9.08. The third-order valence-corrected chi connectivity index (χ3v) is 5.37. The minimum atomic E-state index is -0.461. The fourth-order valence-corrected chi connectivity index (χ4v) is 3.97. The number of nitrogens with zero attached hydrogens (tertiary/aromatic N) is 1. The van der Waals surface area contributed by atoms with E-state index in [1.165, 1.54) is 0 Å². The highest BCUT2D eigenvalue weighted by Crippen LogP contribution is 2.49. The summed E-state index contributed by atoms with van der Waals surface area (Å²) in [6, 6.07) is 7.51. The minimum absolute atomic E-state index is 0.0759. The molecule has 1 atom stereocenters. The van der Waals surface area contributed by atoms with Gasteiger partial charge in [0.25, 0.3) is 0 Å². The fraction of sp³-hybridized carbons (Fsp3) is 0.381. The van der Waals surface area contributed by atoms with Crippen molar-refractivity contribution >= 4 is 11.6 Å². The molecule has 0 saturated heterocycles. The summed E-state index contributed by atoms with van der Waals surface area (Å²) in [6.45, 7) is 4.95. The number of fused-ring (bicyclic) bond motifs is 2. The Hall–Kier alpha value is -2.73. The molecule has 0 radical (unpaired) electrons. The predicted molar refractivity (Wildman–Crippen MR) is 103 cm³/mol. The highest BCUT2D eigenvalue weighted by atomic mass is 16.7. The number of rotatable bonds is 3. The molecule has 2 heterocycles. The Balaban J connectivity index is 1.77. The molecule has 142 valence electrons. The van der Waals surface area contributed by atoms with Crippen LogP contribution in [0.3, 0.4) is 0 Å². The number of aryl methyl sites for hydroxylation is 2. The zero-order chi connectivity index (χ0) is 19.1. The van der Waals surface area contributed by atoms with Crippen molar-refractivity contribution in [2.75, 3.05) is 32.8 Å². The lowest BCUT2D eigenvalue weighted by atomic mass is 9.90. The fourth-order valence-electron chi connectivity index (χ4n) is 3.97. The molecule has 6 nitrogen and oxygen atoms in total. The van der Waals surface area contributed by atoms with Gasteiger partial charge < -0.3 is 19.5 Å². The largest absolute Gasteiger partial charge is 0.492 e. The third kappa shape index (κ3) is 2.90. The van der Waals surface area contributed by atoms with Crippen LogP contribution in [0.5, 0.6) is 17.2 Å². The lowest BCUT2D eigenvalue weighted by Crippen LogP contribution is -2.40. The maximum Gasteiger partial charge on any atom is 0.246 e. The second kappa shape index (κ2) is 6.78. The zero-order valence-corrected chi connectivity index (χ0v) is 16.1. The number of carbonyl (C=O) groups is 1. The van der Waals surface area contributed by atoms with Gasteiger partial charge in [0.05, 0.1) is 7.11 Å². The van der Waals surface area contributed by atoms with E-state index < -0.39 is 6.04 Å². The van der Waals surface area contributed by atoms with Crippen LogP contribution in [-0.2, 0) is 11.2 Å². The maximum absolute atomic E-state index is 13.3. The molecular formula is C21H24N2O4. The number of hydrogen-bond acceptors (Lipinski definition) is 5. The van der Waals surface area contributed by atoms with E-state index in [0.717, 1.165) is 40.9 Å². The molecule has 0 bridgehead atoms. The van der Waals surface area contributed by atoms with Gasteiger partial charge in [-0.1, -0.05) is 18.2 Å². The van der Waals surface area contributed by atoms with E-state index in [1.807, 2.05) is 45.2 Å². The Morgan fingerprint density at radius 1 is 1.26 bits per heavy atom. The summed E-state index contributed by atoms with van der Waals surface area (Å²) < 4.78 is 16.8. The highest BCUT2D eigenvalue weighted by Gasteiger charge is 2.37. The number of carbonyl (C=O) groups excluding carboxylic acids is 1. The summed E-state index contributed by atoms with van der Waals surface area (Å²) in [5.41, 5.74) is 4.87. The summed E-state index contributed by atoms with van der Waals surface area (Å²) in [6.07, 6.45) is 0.825. The van der Waals surface area contributed by atoms with Gasteiger partial charge in [-0.2, -0.15) is 0 Å². The minimum Gasteiger partial charge on any atom is -0.492 e. The number of nitrogens with one attached hydrogen (secondary N) is 1. The van der Waals surface area contributed by atoms with Crippen molar-refractivity contribution in [2.24, 2.45) is 0 Å². The maximum atomic E-state index is 13.3. The van der Waals surface area contributed by atoms with E-state index in [1.54, 1.807) is 7.11 Å². The second-order valence-electron chi connectivity index (χ2n) is 7.11. The Morgan fingerprint density at radius 3 is 2.70 bits per heavy atom. The van der Waals surface area contributed by atoms with E-state index >= 15 is 0 Å². The third-order valence-electron chi connectivity index (χ3n) is 5.37. The van der Waals surface area contributed by atoms with Crippen molar-refractivity contribution in [1.29, 1.82) is 0 Å². The Morgan fingerprint density at radius 2 is 2.00 bits per heavy atom. The summed E-state index contributed by atoms with van der Waals surface area (Å²) >= 11 is 0. The van der Waals surface area contributed by atoms with Gasteiger partial charge in [0.15, 0.2) is 11.5 Å². The van der Waals surface area contributed by atoms with Gasteiger partial charge in [0.1, 0.15) is 6.04 Å². The molecular weight excluding hydrogens is 344 g/mol. The van der Waals surface area contributed by atoms with Crippen molar-refractivity contribution in [3.05, 3.63) is 46.5 Å². The zero-order valence-electron chi connectivity index (χ0n) is 16.1. The molecule has 0 saturated carbocycles. The summed E-state index contributed by atoms with van der Waals surface area (Å²) in [4.78, 5) is 15.4. The van der Waals surface area contributed by atoms with Crippen LogP contribution in [0.25, 0.3) is 0 Å². The molecule has 0 aliphatic carbocycles. The van der Waals surface area contributed by atoms with Gasteiger partial charge in [-0.3, -0.25) is 9.69 Å². The monoisotopic (exact) mass is 368 g/mol. The van der Waals surface area contributed by atoms with Gasteiger partial charge in [0, 0.05) is 17.8 Å². The van der Waals surface area contributed by atoms with Crippen molar-refractivity contribution in [2.45, 2.75) is 26.3 Å². The number of amides is 1. The van der Waals surface area contributed by atoms with E-state index in [9.17, 15) is 4.79 Å². The van der Waals surface area contributed by atoms with Crippen LogP contribution >= 0.6 is 0 Å². The average Bonchev–Trinajstić information content (AvgIpc) is 3.11. The standard InChI is InChI=1S/C21H24N2O4/c1-12-6-5-7-13(2)17(12)22-21(24)18-16-14(8-9-23(18)3)10-15-19(20(16)25-4)27-11-26-15/h5-7,10,18H,8-9,11H2,1-4H3,(H,22,24)/t18-/m0/s1. The number of hydrogen-bond donors (Lipinski definition) is 1. The molecule has 2 aromatic carbocycles. The van der Waals surface area contributed by atoms with Crippen LogP contribution in [0.15, 0.2) is 24.3 Å². The van der Waals surface area contributed by atoms with E-state index in [4.69, 9.17) is 14.2 Å². The summed E-state index contributed by atoms with van der Waals surface area (Å²) in [5.74, 6) is 1.78. The normalized spacial score (nSPS) is 18.1. The highest BCUT2D eigenvalue weighted by molar-refractivity contribution is 5.98. The summed E-state index contributed by atoms with van der Waals surface area (Å²) in [7, 11) is 3.56. The lowest BCUT2D eigenvalue weighted by Gasteiger charge is -2.35. The smallest absolute Gasteiger partial charge is 0.246 e. The average molecular weight is 368 g/mol. The second-order valence-corrected chi connectivity index (χ2v) is 7.11. The van der Waals surface area contributed by atoms with Crippen LogP contribution in [0.1, 0.15) is 28.3 Å². The van der Waals surface area contributed by atoms with Crippen molar-refractivity contribution in [1.82, 2.24) is 4.90 Å². The lowest BCUT2D eigenvalue weighted by molar-refractivity contribution is -0.121. The van der Waals surface area contributed by atoms with Crippen molar-refractivity contribution in [3.8, 4) is 17.2 Å². The molecule has 0 unspecified atom stereocenters. The molecule has 0 spiro atoms. The van der Waals surface area contributed by atoms with E-state index in [0.29, 0.717) is 17.2 Å². The van der Waals surface area contributed by atoms with Crippen molar-refractivity contribution in [3.63, 3.8) is 0 Å². The number of benzene rings is 2. The topological polar surface area (TPSA) is 60.0 Å². The molecule has 1 amide bonds. The van der Waals surface area contributed by atoms with E-state index in [2.05, 4.69) is 10.2 Å². The Kier molecular flexibility index (Phi) is 4.44. The molecule has 1 N–H and O–H groups in total. The first-order valence-electron chi connectivity index (χ1n) is 9.08. The molecule has 4 rings (SSSR count). The molecule has 2 aliphatic rings. The Bertz CT molecular complexity index is 889. The van der Waals surface area contributed by atoms with Crippen LogP contribution in [0.4, 0.5) is 5.69 Å². The van der Waals surface area contributed by atoms with Gasteiger partial charge in [-0.15, -0.1) is 0 Å². The first kappa shape index (κ1) is 17.7. The van der Waals surface area contributed by atoms with Gasteiger partial charge >= 0.3 is 0 Å². The molecule has 0 fully saturated rings. The van der Waals surface area contributed by atoms with Gasteiger partial charge in [-0.25, -0.2) is 0 Å². The number of para-hydroxylation sites is 1. The van der Waals surface area contributed by atoms with Crippen LogP contribution in [0, 0.1) is 13.8 Å². The first-order chi connectivity index (χ1) is 13.0. The van der Waals surface area contributed by atoms with Crippen molar-refractivity contribution < 1.29 is 19.0 Å². The number of ether oxygens (including phenoxy) is 3. The van der Waals surface area contributed by atoms with Gasteiger partial charge in [0.2, 0.25) is 18.4 Å². The quantitative estimate of drug-likeness (QED) is 0.902. The molecule has 6 heteroatoms. The number of likely N-dealkylation sites (N-methyl/N-ethyl adjacent to an activating group) is 1. The Labute approximate surface area is 159 Å². The molecule has 2 aromatic rings. The number of anilines is 1. The molecule has 0 aromatic heterocycles. The van der Waals surface area contributed by atoms with Gasteiger partial charge in [-0.05, 0) is 50.1 Å². The van der Waals surface area contributed by atoms with E-state index in [-0.39, 0.29) is 12.7 Å².